The highest BCUT2D eigenvalue weighted by molar-refractivity contribution is 9.10. The standard InChI is InChI=1S/C28H29BrClN3O6S/c1-4-6-20-23(27(35)38-5-2)24(18-13-16(30)7-8-21(18)36-3)33-25(34)22(40-28(33)31-20)15-17-14-19(29)26(39-17)32-9-11-37-12-10-32/h7-8,13-15,24H,4-6,9-12H2,1-3H3/b22-15+/t24-/m0/s1. The number of fused-ring (bicyclic) bond motifs is 1. The van der Waals surface area contributed by atoms with E-state index in [0.717, 1.165) is 10.9 Å². The van der Waals surface area contributed by atoms with Gasteiger partial charge < -0.3 is 23.5 Å². The van der Waals surface area contributed by atoms with E-state index in [9.17, 15) is 9.59 Å². The second-order valence-corrected chi connectivity index (χ2v) is 11.5. The molecule has 9 nitrogen and oxygen atoms in total. The number of esters is 1. The van der Waals surface area contributed by atoms with E-state index in [0.29, 0.717) is 81.3 Å². The van der Waals surface area contributed by atoms with Crippen LogP contribution in [0.3, 0.4) is 0 Å². The van der Waals surface area contributed by atoms with Crippen molar-refractivity contribution in [3.05, 3.63) is 76.0 Å². The minimum absolute atomic E-state index is 0.185. The smallest absolute Gasteiger partial charge is 0.338 e. The van der Waals surface area contributed by atoms with Crippen LogP contribution in [-0.2, 0) is 14.3 Å². The van der Waals surface area contributed by atoms with Gasteiger partial charge in [0.1, 0.15) is 17.6 Å². The molecule has 40 heavy (non-hydrogen) atoms. The topological polar surface area (TPSA) is 95.5 Å². The Morgan fingerprint density at radius 2 is 2.05 bits per heavy atom. The number of hydrogen-bond donors (Lipinski definition) is 0. The summed E-state index contributed by atoms with van der Waals surface area (Å²) in [5.74, 6) is 1.18. The number of carbonyl (C=O) groups is 1. The zero-order valence-corrected chi connectivity index (χ0v) is 25.5. The first kappa shape index (κ1) is 28.7. The second-order valence-electron chi connectivity index (χ2n) is 9.20. The van der Waals surface area contributed by atoms with Gasteiger partial charge in [-0.2, -0.15) is 0 Å². The largest absolute Gasteiger partial charge is 0.496 e. The number of morpholine rings is 1. The number of aromatic nitrogens is 1. The van der Waals surface area contributed by atoms with Gasteiger partial charge in [0.25, 0.3) is 5.56 Å². The molecule has 2 aromatic heterocycles. The molecule has 1 atom stereocenters. The summed E-state index contributed by atoms with van der Waals surface area (Å²) in [7, 11) is 1.54. The number of carbonyl (C=O) groups excluding carboxylic acids is 1. The first-order valence-corrected chi connectivity index (χ1v) is 15.0. The lowest BCUT2D eigenvalue weighted by molar-refractivity contribution is -0.139. The average Bonchev–Trinajstić information content (AvgIpc) is 3.47. The van der Waals surface area contributed by atoms with E-state index in [1.54, 1.807) is 31.2 Å². The molecule has 1 aromatic carbocycles. The molecule has 1 fully saturated rings. The molecule has 5 rings (SSSR count). The normalized spacial score (nSPS) is 17.6. The molecule has 1 saturated heterocycles. The number of ether oxygens (including phenoxy) is 3. The Morgan fingerprint density at radius 3 is 2.75 bits per heavy atom. The lowest BCUT2D eigenvalue weighted by Crippen LogP contribution is -2.40. The number of anilines is 1. The minimum atomic E-state index is -0.833. The molecule has 0 bridgehead atoms. The van der Waals surface area contributed by atoms with Gasteiger partial charge in [-0.15, -0.1) is 0 Å². The lowest BCUT2D eigenvalue weighted by atomic mass is 9.93. The third kappa shape index (κ3) is 5.52. The van der Waals surface area contributed by atoms with Crippen molar-refractivity contribution in [1.82, 2.24) is 4.57 Å². The molecule has 3 aromatic rings. The zero-order chi connectivity index (χ0) is 28.4. The minimum Gasteiger partial charge on any atom is -0.496 e. The van der Waals surface area contributed by atoms with Gasteiger partial charge in [0.2, 0.25) is 5.88 Å². The van der Waals surface area contributed by atoms with Crippen LogP contribution in [0.25, 0.3) is 6.08 Å². The number of nitrogens with zero attached hydrogens (tertiary/aromatic N) is 3. The van der Waals surface area contributed by atoms with Crippen molar-refractivity contribution in [3.63, 3.8) is 0 Å². The summed E-state index contributed by atoms with van der Waals surface area (Å²) in [5.41, 5.74) is 1.15. The Kier molecular flexibility index (Phi) is 8.84. The van der Waals surface area contributed by atoms with Crippen molar-refractivity contribution >= 4 is 56.8 Å². The van der Waals surface area contributed by atoms with Gasteiger partial charge in [-0.1, -0.05) is 36.3 Å². The SMILES string of the molecule is CCCC1=C(C(=O)OCC)[C@H](c2cc(Cl)ccc2OC)n2c(s/c(=C/c3cc(Br)c(N4CCOCC4)o3)c2=O)=N1. The van der Waals surface area contributed by atoms with Gasteiger partial charge >= 0.3 is 5.97 Å². The highest BCUT2D eigenvalue weighted by Gasteiger charge is 2.36. The van der Waals surface area contributed by atoms with Crippen molar-refractivity contribution in [2.45, 2.75) is 32.7 Å². The fourth-order valence-corrected chi connectivity index (χ4v) is 6.63. The Hall–Kier alpha value is -2.86. The molecule has 0 spiro atoms. The van der Waals surface area contributed by atoms with E-state index in [1.807, 2.05) is 13.0 Å². The Labute approximate surface area is 248 Å². The van der Waals surface area contributed by atoms with Crippen LogP contribution >= 0.6 is 38.9 Å². The summed E-state index contributed by atoms with van der Waals surface area (Å²) in [6.07, 6.45) is 2.99. The molecule has 0 saturated carbocycles. The van der Waals surface area contributed by atoms with E-state index in [4.69, 9.17) is 35.2 Å². The predicted octanol–water partition coefficient (Wildman–Crippen LogP) is 4.43. The van der Waals surface area contributed by atoms with Crippen LogP contribution in [0.4, 0.5) is 5.88 Å². The summed E-state index contributed by atoms with van der Waals surface area (Å²) in [5, 5.41) is 0.450. The van der Waals surface area contributed by atoms with E-state index < -0.39 is 12.0 Å². The fourth-order valence-electron chi connectivity index (χ4n) is 4.89. The van der Waals surface area contributed by atoms with Gasteiger partial charge in [0, 0.05) is 35.8 Å². The van der Waals surface area contributed by atoms with Crippen LogP contribution in [0.2, 0.25) is 5.02 Å². The van der Waals surface area contributed by atoms with Crippen LogP contribution in [0.5, 0.6) is 5.75 Å². The fraction of sp³-hybridized carbons (Fsp3) is 0.393. The Morgan fingerprint density at radius 1 is 1.27 bits per heavy atom. The quantitative estimate of drug-likeness (QED) is 0.333. The van der Waals surface area contributed by atoms with Crippen molar-refractivity contribution in [2.75, 3.05) is 44.9 Å². The van der Waals surface area contributed by atoms with Crippen LogP contribution in [0, 0.1) is 0 Å². The number of thiazole rings is 1. The summed E-state index contributed by atoms with van der Waals surface area (Å²) in [6, 6.07) is 6.15. The van der Waals surface area contributed by atoms with E-state index in [2.05, 4.69) is 20.8 Å². The number of benzene rings is 1. The third-order valence-corrected chi connectivity index (χ3v) is 8.42. The molecule has 0 radical (unpaired) electrons. The summed E-state index contributed by atoms with van der Waals surface area (Å²) in [4.78, 5) is 34.8. The maximum Gasteiger partial charge on any atom is 0.338 e. The molecular formula is C28H29BrClN3O6S. The molecule has 2 aliphatic rings. The van der Waals surface area contributed by atoms with Crippen LogP contribution < -0.4 is 24.5 Å². The summed E-state index contributed by atoms with van der Waals surface area (Å²) >= 11 is 11.2. The predicted molar refractivity (Wildman–Crippen MR) is 157 cm³/mol. The van der Waals surface area contributed by atoms with Crippen molar-refractivity contribution in [2.24, 2.45) is 4.99 Å². The van der Waals surface area contributed by atoms with Gasteiger partial charge in [-0.25, -0.2) is 9.79 Å². The number of hydrogen-bond acceptors (Lipinski definition) is 9. The molecule has 212 valence electrons. The van der Waals surface area contributed by atoms with E-state index in [-0.39, 0.29) is 12.2 Å². The molecule has 12 heteroatoms. The van der Waals surface area contributed by atoms with E-state index >= 15 is 0 Å². The first-order valence-electron chi connectivity index (χ1n) is 13.0. The molecule has 0 unspecified atom stereocenters. The number of rotatable bonds is 8. The maximum absolute atomic E-state index is 14.0. The lowest BCUT2D eigenvalue weighted by Gasteiger charge is -2.27. The molecule has 2 aliphatic heterocycles. The first-order chi connectivity index (χ1) is 19.4. The molecule has 0 N–H and O–H groups in total. The highest BCUT2D eigenvalue weighted by Crippen LogP contribution is 2.38. The average molecular weight is 651 g/mol. The van der Waals surface area contributed by atoms with Gasteiger partial charge in [0.05, 0.1) is 47.2 Å². The molecular weight excluding hydrogens is 622 g/mol. The Bertz CT molecular complexity index is 1640. The maximum atomic E-state index is 14.0. The third-order valence-electron chi connectivity index (χ3n) is 6.64. The number of halogens is 2. The van der Waals surface area contributed by atoms with Crippen molar-refractivity contribution in [3.8, 4) is 5.75 Å². The molecule has 0 aliphatic carbocycles. The number of furan rings is 1. The Balaban J connectivity index is 1.71. The molecule has 4 heterocycles. The van der Waals surface area contributed by atoms with Gasteiger partial charge in [-0.3, -0.25) is 9.36 Å². The zero-order valence-electron chi connectivity index (χ0n) is 22.4. The summed E-state index contributed by atoms with van der Waals surface area (Å²) in [6.45, 7) is 6.61. The summed E-state index contributed by atoms with van der Waals surface area (Å²) < 4.78 is 25.4. The van der Waals surface area contributed by atoms with E-state index in [1.165, 1.54) is 23.0 Å². The number of allylic oxidation sites excluding steroid dienone is 1. The van der Waals surface area contributed by atoms with Crippen LogP contribution in [-0.4, -0.2) is 50.6 Å². The molecule has 0 amide bonds. The van der Waals surface area contributed by atoms with Crippen LogP contribution in [0.1, 0.15) is 44.1 Å². The van der Waals surface area contributed by atoms with Crippen molar-refractivity contribution < 1.29 is 23.4 Å². The highest BCUT2D eigenvalue weighted by atomic mass is 79.9. The van der Waals surface area contributed by atoms with Gasteiger partial charge in [0.15, 0.2) is 4.80 Å². The van der Waals surface area contributed by atoms with Gasteiger partial charge in [-0.05, 0) is 47.5 Å². The van der Waals surface area contributed by atoms with Crippen molar-refractivity contribution in [1.29, 1.82) is 0 Å². The number of methoxy groups -OCH3 is 1. The second kappa shape index (κ2) is 12.3. The monoisotopic (exact) mass is 649 g/mol. The van der Waals surface area contributed by atoms with Crippen LogP contribution in [0.15, 0.2) is 54.2 Å².